The number of unbranched alkanes of at least 4 members (excludes halogenated alkanes) is 2. The molecule has 0 spiro atoms. The summed E-state index contributed by atoms with van der Waals surface area (Å²) in [5.74, 6) is -1.68. The molecular formula is C48H49Cl2HfSi. The minimum absolute atomic E-state index is 0.102. The van der Waals surface area contributed by atoms with Gasteiger partial charge in [-0.15, -0.1) is 0 Å². The molecule has 0 fully saturated rings. The van der Waals surface area contributed by atoms with E-state index in [-0.39, 0.29) is 7.35 Å². The summed E-state index contributed by atoms with van der Waals surface area (Å²) < 4.78 is 0.205. The molecule has 6 aromatic rings. The third-order valence-electron chi connectivity index (χ3n) is 12.3. The van der Waals surface area contributed by atoms with Crippen LogP contribution in [0.15, 0.2) is 132 Å². The van der Waals surface area contributed by atoms with E-state index in [1.54, 1.807) is 0 Å². The maximum absolute atomic E-state index is 8.90. The summed E-state index contributed by atoms with van der Waals surface area (Å²) >= 11 is -5.10. The summed E-state index contributed by atoms with van der Waals surface area (Å²) in [6, 6.07) is 45.0. The number of hydrogen-bond donors (Lipinski definition) is 0. The number of fused-ring (bicyclic) bond motifs is 4. The van der Waals surface area contributed by atoms with Crippen molar-refractivity contribution in [3.63, 3.8) is 0 Å². The van der Waals surface area contributed by atoms with Gasteiger partial charge in [-0.2, -0.15) is 0 Å². The fourth-order valence-electron chi connectivity index (χ4n) is 9.65. The van der Waals surface area contributed by atoms with Crippen LogP contribution in [0.4, 0.5) is 0 Å². The first kappa shape index (κ1) is 36.0. The zero-order chi connectivity index (χ0) is 36.1. The van der Waals surface area contributed by atoms with E-state index in [4.69, 9.17) is 17.2 Å². The van der Waals surface area contributed by atoms with Crippen molar-refractivity contribution < 1.29 is 15.3 Å². The van der Waals surface area contributed by atoms with E-state index < -0.39 is 21.3 Å². The van der Waals surface area contributed by atoms with Crippen LogP contribution >= 0.6 is 17.2 Å². The van der Waals surface area contributed by atoms with Gasteiger partial charge in [-0.05, 0) is 0 Å². The van der Waals surface area contributed by atoms with Gasteiger partial charge in [-0.3, -0.25) is 0 Å². The summed E-state index contributed by atoms with van der Waals surface area (Å²) in [4.78, 5) is 0. The monoisotopic (exact) mass is 903 g/mol. The Morgan fingerprint density at radius 3 is 1.31 bits per heavy atom. The Kier molecular flexibility index (Phi) is 9.92. The Bertz CT molecular complexity index is 2210. The third-order valence-corrected chi connectivity index (χ3v) is 85.2. The average molecular weight is 903 g/mol. The quantitative estimate of drug-likeness (QED) is 0.114. The fourth-order valence-corrected chi connectivity index (χ4v) is 54.2. The van der Waals surface area contributed by atoms with Crippen molar-refractivity contribution in [3.05, 3.63) is 155 Å². The van der Waals surface area contributed by atoms with Gasteiger partial charge < -0.3 is 0 Å². The summed E-state index contributed by atoms with van der Waals surface area (Å²) in [5.41, 5.74) is 13.6. The van der Waals surface area contributed by atoms with Crippen molar-refractivity contribution in [2.24, 2.45) is 0 Å². The normalized spacial score (nSPS) is 17.6. The molecule has 263 valence electrons. The molecule has 4 heteroatoms. The number of rotatable bonds is 11. The van der Waals surface area contributed by atoms with Crippen molar-refractivity contribution in [1.82, 2.24) is 0 Å². The van der Waals surface area contributed by atoms with Crippen LogP contribution in [-0.2, 0) is 15.3 Å². The van der Waals surface area contributed by atoms with Crippen LogP contribution in [0.5, 0.6) is 0 Å². The molecule has 0 radical (unpaired) electrons. The molecule has 0 bridgehead atoms. The molecule has 0 N–H and O–H groups in total. The molecule has 52 heavy (non-hydrogen) atoms. The van der Waals surface area contributed by atoms with E-state index >= 15 is 0 Å². The first-order chi connectivity index (χ1) is 25.3. The van der Waals surface area contributed by atoms with Crippen LogP contribution in [0.25, 0.3) is 56.0 Å². The first-order valence-electron chi connectivity index (χ1n) is 19.5. The second-order valence-corrected chi connectivity index (χ2v) is 74.8. The number of allylic oxidation sites excluding steroid dienone is 2. The van der Waals surface area contributed by atoms with Gasteiger partial charge in [0.05, 0.1) is 0 Å². The molecule has 0 nitrogen and oxygen atoms in total. The van der Waals surface area contributed by atoms with Crippen LogP contribution in [-0.4, -0.2) is 5.98 Å². The summed E-state index contributed by atoms with van der Waals surface area (Å²) in [5, 5.41) is 5.13. The Morgan fingerprint density at radius 1 is 0.500 bits per heavy atom. The molecule has 2 aliphatic rings. The fraction of sp³-hybridized carbons (Fsp3) is 0.250. The van der Waals surface area contributed by atoms with Crippen LogP contribution < -0.4 is 0 Å². The standard InChI is InChI=1S/2C23H21.C2H7Si.2ClH.Hf/c2*1-2-3-8-17-15-19-11-7-14-22(23(19)16-17)21-13-6-10-18-9-4-5-12-20(18)21;1-3-2;;;/h2*4-7,9-16H,2-3,8H2,1H3;3H,1-2H3;2*1H;/q;;;;;+2/p-2. The van der Waals surface area contributed by atoms with Crippen molar-refractivity contribution in [3.8, 4) is 22.3 Å². The van der Waals surface area contributed by atoms with Crippen LogP contribution in [0.1, 0.15) is 82.0 Å². The van der Waals surface area contributed by atoms with Gasteiger partial charge in [0, 0.05) is 0 Å². The topological polar surface area (TPSA) is 0 Å². The molecule has 0 heterocycles. The zero-order valence-corrected chi connectivity index (χ0v) is 37.2. The molecule has 8 rings (SSSR count). The van der Waals surface area contributed by atoms with E-state index in [1.165, 1.54) is 77.2 Å². The van der Waals surface area contributed by atoms with Crippen LogP contribution in [0, 0.1) is 0 Å². The Balaban J connectivity index is 1.36. The SMILES string of the molecule is CCCCC1=Cc2c(-c3cccc4ccccc34)cccc2[CH]1[Hf]([Cl])([Cl])([CH]1C(CCCC)=Cc2c(-c3cccc4ccccc34)cccc21)[SiH](C)C. The predicted molar refractivity (Wildman–Crippen MR) is 230 cm³/mol. The van der Waals surface area contributed by atoms with E-state index in [0.717, 1.165) is 38.5 Å². The molecule has 2 aliphatic carbocycles. The van der Waals surface area contributed by atoms with Gasteiger partial charge in [0.1, 0.15) is 0 Å². The Hall–Kier alpha value is -3.01. The average Bonchev–Trinajstić information content (AvgIpc) is 3.75. The molecular weight excluding hydrogens is 854 g/mol. The Morgan fingerprint density at radius 2 is 0.885 bits per heavy atom. The number of hydrogen-bond acceptors (Lipinski definition) is 0. The van der Waals surface area contributed by atoms with E-state index in [1.807, 2.05) is 0 Å². The maximum atomic E-state index is 8.90. The molecule has 0 aliphatic heterocycles. The van der Waals surface area contributed by atoms with Gasteiger partial charge in [-0.25, -0.2) is 0 Å². The number of benzene rings is 6. The number of halogens is 2. The second-order valence-electron chi connectivity index (χ2n) is 15.6. The predicted octanol–water partition coefficient (Wildman–Crippen LogP) is 15.3. The van der Waals surface area contributed by atoms with Gasteiger partial charge in [0.25, 0.3) is 0 Å². The van der Waals surface area contributed by atoms with Crippen LogP contribution in [0.2, 0.25) is 13.1 Å². The van der Waals surface area contributed by atoms with Crippen molar-refractivity contribution >= 4 is 56.8 Å². The molecule has 0 saturated heterocycles. The van der Waals surface area contributed by atoms with E-state index in [0.29, 0.717) is 0 Å². The molecule has 0 amide bonds. The second kappa shape index (κ2) is 14.3. The van der Waals surface area contributed by atoms with Crippen molar-refractivity contribution in [2.75, 3.05) is 0 Å². The van der Waals surface area contributed by atoms with E-state index in [9.17, 15) is 0 Å². The van der Waals surface area contributed by atoms with Gasteiger partial charge in [-0.1, -0.05) is 0 Å². The molecule has 0 aromatic heterocycles. The zero-order valence-electron chi connectivity index (χ0n) is 30.9. The molecule has 2 unspecified atom stereocenters. The molecule has 2 atom stereocenters. The van der Waals surface area contributed by atoms with Crippen molar-refractivity contribution in [2.45, 2.75) is 72.8 Å². The van der Waals surface area contributed by atoms with E-state index in [2.05, 4.69) is 160 Å². The summed E-state index contributed by atoms with van der Waals surface area (Å²) in [6.07, 6.45) is 11.8. The van der Waals surface area contributed by atoms with Crippen LogP contribution in [0.3, 0.4) is 0 Å². The van der Waals surface area contributed by atoms with Gasteiger partial charge in [0.2, 0.25) is 0 Å². The minimum atomic E-state index is -5.10. The summed E-state index contributed by atoms with van der Waals surface area (Å²) in [6.45, 7) is 9.59. The third kappa shape index (κ3) is 5.79. The van der Waals surface area contributed by atoms with Crippen molar-refractivity contribution in [1.29, 1.82) is 0 Å². The molecule has 0 saturated carbocycles. The van der Waals surface area contributed by atoms with Gasteiger partial charge >= 0.3 is 322 Å². The summed E-state index contributed by atoms with van der Waals surface area (Å²) in [7, 11) is 17.8. The van der Waals surface area contributed by atoms with Gasteiger partial charge in [0.15, 0.2) is 0 Å². The Labute approximate surface area is 319 Å². The first-order valence-corrected chi connectivity index (χ1v) is 41.6. The molecule has 6 aromatic carbocycles.